The average molecular weight is 428 g/mol. The lowest BCUT2D eigenvalue weighted by Crippen LogP contribution is -2.14. The third-order valence-corrected chi connectivity index (χ3v) is 6.02. The highest BCUT2D eigenvalue weighted by Gasteiger charge is 2.21. The van der Waals surface area contributed by atoms with Crippen LogP contribution in [0.2, 0.25) is 0 Å². The predicted octanol–water partition coefficient (Wildman–Crippen LogP) is 3.03. The molecule has 0 bridgehead atoms. The minimum absolute atomic E-state index is 0.00975. The van der Waals surface area contributed by atoms with Gasteiger partial charge in [0, 0.05) is 12.8 Å². The standard InChI is InChI=1S/C19H16N4O4S2/c1-29(25,26)10-9-20-19-23-22-17(27-19)16(24)18-21-14-8-7-13(11-15(14)28-18)12-5-3-2-4-6-12/h2-8,11H,9-10H2,1H3,(H,20,23). The maximum absolute atomic E-state index is 12.6. The van der Waals surface area contributed by atoms with Crippen LogP contribution in [0.1, 0.15) is 15.7 Å². The molecule has 0 amide bonds. The fraction of sp³-hybridized carbons (Fsp3) is 0.158. The summed E-state index contributed by atoms with van der Waals surface area (Å²) in [5.74, 6) is -0.759. The molecule has 0 aliphatic rings. The normalized spacial score (nSPS) is 11.6. The van der Waals surface area contributed by atoms with Gasteiger partial charge in [0.2, 0.25) is 0 Å². The molecule has 0 fully saturated rings. The van der Waals surface area contributed by atoms with E-state index >= 15 is 0 Å². The van der Waals surface area contributed by atoms with Crippen molar-refractivity contribution < 1.29 is 17.6 Å². The maximum atomic E-state index is 12.6. The Labute approximate surface area is 170 Å². The molecule has 10 heteroatoms. The minimum Gasteiger partial charge on any atom is -0.400 e. The highest BCUT2D eigenvalue weighted by Crippen LogP contribution is 2.29. The number of fused-ring (bicyclic) bond motifs is 1. The summed E-state index contributed by atoms with van der Waals surface area (Å²) in [5, 5.41) is 10.4. The number of hydrogen-bond acceptors (Lipinski definition) is 9. The van der Waals surface area contributed by atoms with Gasteiger partial charge in [-0.25, -0.2) is 13.4 Å². The van der Waals surface area contributed by atoms with Crippen molar-refractivity contribution in [3.05, 3.63) is 59.4 Å². The Morgan fingerprint density at radius 2 is 1.90 bits per heavy atom. The third-order valence-electron chi connectivity index (χ3n) is 4.06. The van der Waals surface area contributed by atoms with E-state index in [2.05, 4.69) is 20.5 Å². The van der Waals surface area contributed by atoms with Gasteiger partial charge >= 0.3 is 6.01 Å². The minimum atomic E-state index is -3.11. The number of hydrogen-bond donors (Lipinski definition) is 1. The molecule has 1 N–H and O–H groups in total. The van der Waals surface area contributed by atoms with E-state index in [0.29, 0.717) is 5.52 Å². The number of nitrogens with zero attached hydrogens (tertiary/aromatic N) is 3. The second-order valence-electron chi connectivity index (χ2n) is 6.37. The Balaban J connectivity index is 1.53. The summed E-state index contributed by atoms with van der Waals surface area (Å²) >= 11 is 1.25. The smallest absolute Gasteiger partial charge is 0.315 e. The fourth-order valence-electron chi connectivity index (χ4n) is 2.65. The second kappa shape index (κ2) is 7.72. The highest BCUT2D eigenvalue weighted by atomic mass is 32.2. The molecular formula is C19H16N4O4S2. The lowest BCUT2D eigenvalue weighted by atomic mass is 10.1. The van der Waals surface area contributed by atoms with Gasteiger partial charge in [-0.1, -0.05) is 41.5 Å². The first-order valence-electron chi connectivity index (χ1n) is 8.65. The SMILES string of the molecule is CS(=O)(=O)CCNc1nnc(C(=O)c2nc3ccc(-c4ccccc4)cc3s2)o1. The number of thiazole rings is 1. The molecule has 0 saturated carbocycles. The van der Waals surface area contributed by atoms with Crippen LogP contribution in [0.4, 0.5) is 6.01 Å². The van der Waals surface area contributed by atoms with E-state index in [0.717, 1.165) is 22.1 Å². The largest absolute Gasteiger partial charge is 0.400 e. The van der Waals surface area contributed by atoms with E-state index in [4.69, 9.17) is 4.42 Å². The Hall–Kier alpha value is -3.11. The monoisotopic (exact) mass is 428 g/mol. The number of rotatable bonds is 7. The first-order chi connectivity index (χ1) is 13.9. The van der Waals surface area contributed by atoms with Gasteiger partial charge in [0.05, 0.1) is 16.0 Å². The van der Waals surface area contributed by atoms with Crippen molar-refractivity contribution in [1.82, 2.24) is 15.2 Å². The van der Waals surface area contributed by atoms with Gasteiger partial charge in [-0.3, -0.25) is 4.79 Å². The maximum Gasteiger partial charge on any atom is 0.315 e. The average Bonchev–Trinajstić information content (AvgIpc) is 3.33. The van der Waals surface area contributed by atoms with E-state index < -0.39 is 15.6 Å². The van der Waals surface area contributed by atoms with Crippen molar-refractivity contribution in [2.45, 2.75) is 0 Å². The molecule has 0 aliphatic carbocycles. The van der Waals surface area contributed by atoms with Crippen LogP contribution < -0.4 is 5.32 Å². The molecule has 0 unspecified atom stereocenters. The highest BCUT2D eigenvalue weighted by molar-refractivity contribution is 7.90. The summed E-state index contributed by atoms with van der Waals surface area (Å²) in [5.41, 5.74) is 2.83. The van der Waals surface area contributed by atoms with E-state index in [1.165, 1.54) is 11.3 Å². The lowest BCUT2D eigenvalue weighted by molar-refractivity contribution is 0.100. The molecule has 0 radical (unpaired) electrons. The molecule has 2 aromatic carbocycles. The zero-order chi connectivity index (χ0) is 20.4. The second-order valence-corrected chi connectivity index (χ2v) is 9.66. The van der Waals surface area contributed by atoms with Crippen molar-refractivity contribution in [3.8, 4) is 11.1 Å². The molecule has 0 saturated heterocycles. The number of benzene rings is 2. The molecule has 2 heterocycles. The number of carbonyl (C=O) groups is 1. The summed E-state index contributed by atoms with van der Waals surface area (Å²) in [6.45, 7) is 0.109. The van der Waals surface area contributed by atoms with Crippen LogP contribution in [0.15, 0.2) is 52.9 Å². The molecule has 8 nitrogen and oxygen atoms in total. The van der Waals surface area contributed by atoms with Crippen LogP contribution in [0.3, 0.4) is 0 Å². The van der Waals surface area contributed by atoms with Crippen LogP contribution in [-0.2, 0) is 9.84 Å². The number of anilines is 1. The van der Waals surface area contributed by atoms with Crippen molar-refractivity contribution in [2.24, 2.45) is 0 Å². The zero-order valence-electron chi connectivity index (χ0n) is 15.3. The van der Waals surface area contributed by atoms with Gasteiger partial charge < -0.3 is 9.73 Å². The Kier molecular flexibility index (Phi) is 5.12. The molecule has 4 aromatic rings. The summed E-state index contributed by atoms with van der Waals surface area (Å²) < 4.78 is 28.5. The van der Waals surface area contributed by atoms with Crippen LogP contribution in [0, 0.1) is 0 Å². The molecular weight excluding hydrogens is 412 g/mol. The summed E-state index contributed by atoms with van der Waals surface area (Å²) in [7, 11) is -3.11. The van der Waals surface area contributed by atoms with Gasteiger partial charge in [0.1, 0.15) is 9.84 Å². The van der Waals surface area contributed by atoms with Gasteiger partial charge in [-0.05, 0) is 23.3 Å². The molecule has 0 aliphatic heterocycles. The zero-order valence-corrected chi connectivity index (χ0v) is 17.0. The Bertz CT molecular complexity index is 1280. The van der Waals surface area contributed by atoms with Crippen molar-refractivity contribution in [1.29, 1.82) is 0 Å². The molecule has 4 rings (SSSR count). The van der Waals surface area contributed by atoms with E-state index in [9.17, 15) is 13.2 Å². The lowest BCUT2D eigenvalue weighted by Gasteiger charge is -2.00. The molecule has 2 aromatic heterocycles. The molecule has 0 spiro atoms. The van der Waals surface area contributed by atoms with Gasteiger partial charge in [0.15, 0.2) is 5.01 Å². The number of ketones is 1. The predicted molar refractivity (Wildman–Crippen MR) is 111 cm³/mol. The summed E-state index contributed by atoms with van der Waals surface area (Å²) in [6, 6.07) is 15.8. The quantitative estimate of drug-likeness (QED) is 0.447. The van der Waals surface area contributed by atoms with Gasteiger partial charge in [0.25, 0.3) is 11.7 Å². The van der Waals surface area contributed by atoms with Crippen molar-refractivity contribution >= 4 is 43.2 Å². The van der Waals surface area contributed by atoms with Crippen molar-refractivity contribution in [3.63, 3.8) is 0 Å². The first kappa shape index (κ1) is 19.2. The van der Waals surface area contributed by atoms with Crippen LogP contribution in [0.25, 0.3) is 21.3 Å². The van der Waals surface area contributed by atoms with Crippen LogP contribution in [-0.4, -0.2) is 47.9 Å². The molecule has 148 valence electrons. The molecule has 29 heavy (non-hydrogen) atoms. The number of aromatic nitrogens is 3. The fourth-order valence-corrected chi connectivity index (χ4v) is 4.06. The Morgan fingerprint density at radius 3 is 2.66 bits per heavy atom. The summed E-state index contributed by atoms with van der Waals surface area (Å²) in [4.78, 5) is 17.0. The van der Waals surface area contributed by atoms with Crippen LogP contribution >= 0.6 is 11.3 Å². The van der Waals surface area contributed by atoms with Gasteiger partial charge in [-0.15, -0.1) is 16.4 Å². The third kappa shape index (κ3) is 4.49. The topological polar surface area (TPSA) is 115 Å². The number of carbonyl (C=O) groups excluding carboxylic acids is 1. The van der Waals surface area contributed by atoms with Gasteiger partial charge in [-0.2, -0.15) is 0 Å². The first-order valence-corrected chi connectivity index (χ1v) is 11.5. The van der Waals surface area contributed by atoms with E-state index in [1.54, 1.807) is 0 Å². The number of sulfone groups is 1. The van der Waals surface area contributed by atoms with Crippen LogP contribution in [0.5, 0.6) is 0 Å². The Morgan fingerprint density at radius 1 is 1.10 bits per heavy atom. The van der Waals surface area contributed by atoms with Crippen molar-refractivity contribution in [2.75, 3.05) is 23.9 Å². The number of nitrogens with one attached hydrogen (secondary N) is 1. The molecule has 0 atom stereocenters. The van der Waals surface area contributed by atoms with E-state index in [-0.39, 0.29) is 29.2 Å². The summed E-state index contributed by atoms with van der Waals surface area (Å²) in [6.07, 6.45) is 1.13. The van der Waals surface area contributed by atoms with E-state index in [1.807, 2.05) is 48.5 Å².